The van der Waals surface area contributed by atoms with E-state index in [2.05, 4.69) is 21.2 Å². The molecule has 0 saturated carbocycles. The molecule has 1 fully saturated rings. The maximum atomic E-state index is 12.2. The number of benzene rings is 1. The Labute approximate surface area is 108 Å². The first-order valence-corrected chi connectivity index (χ1v) is 6.08. The van der Waals surface area contributed by atoms with Gasteiger partial charge < -0.3 is 5.32 Å². The van der Waals surface area contributed by atoms with E-state index < -0.39 is 5.54 Å². The number of carbonyl (C=O) groups is 2. The van der Waals surface area contributed by atoms with Gasteiger partial charge >= 0.3 is 0 Å². The van der Waals surface area contributed by atoms with Crippen LogP contribution in [0, 0.1) is 0 Å². The summed E-state index contributed by atoms with van der Waals surface area (Å²) in [5.41, 5.74) is -0.134. The van der Waals surface area contributed by atoms with Crippen molar-refractivity contribution in [3.8, 4) is 0 Å². The van der Waals surface area contributed by atoms with Gasteiger partial charge in [-0.05, 0) is 41.9 Å². The number of piperazine rings is 1. The van der Waals surface area contributed by atoms with Crippen molar-refractivity contribution < 1.29 is 9.59 Å². The van der Waals surface area contributed by atoms with E-state index in [9.17, 15) is 9.59 Å². The molecule has 4 nitrogen and oxygen atoms in total. The average molecular weight is 297 g/mol. The summed E-state index contributed by atoms with van der Waals surface area (Å²) in [7, 11) is 0. The molecule has 0 bridgehead atoms. The molecule has 0 atom stereocenters. The molecule has 2 rings (SSSR count). The molecule has 1 N–H and O–H groups in total. The maximum Gasteiger partial charge on any atom is 0.252 e. The number of hydrogen-bond donors (Lipinski definition) is 1. The fourth-order valence-corrected chi connectivity index (χ4v) is 2.36. The molecule has 1 aliphatic rings. The quantitative estimate of drug-likeness (QED) is 0.857. The Morgan fingerprint density at radius 3 is 2.59 bits per heavy atom. The SMILES string of the molecule is CC1(C)NC(=O)CN(c2ccccc2Br)C1=O. The lowest BCUT2D eigenvalue weighted by atomic mass is 10.00. The second kappa shape index (κ2) is 4.14. The van der Waals surface area contributed by atoms with Gasteiger partial charge in [0.15, 0.2) is 0 Å². The minimum Gasteiger partial charge on any atom is -0.341 e. The van der Waals surface area contributed by atoms with E-state index in [0.717, 1.165) is 10.2 Å². The van der Waals surface area contributed by atoms with Crippen LogP contribution < -0.4 is 10.2 Å². The van der Waals surface area contributed by atoms with Crippen molar-refractivity contribution in [2.75, 3.05) is 11.4 Å². The van der Waals surface area contributed by atoms with Crippen LogP contribution in [-0.2, 0) is 9.59 Å². The highest BCUT2D eigenvalue weighted by atomic mass is 79.9. The summed E-state index contributed by atoms with van der Waals surface area (Å²) in [6.07, 6.45) is 0. The lowest BCUT2D eigenvalue weighted by molar-refractivity contribution is -0.134. The number of nitrogens with zero attached hydrogens (tertiary/aromatic N) is 1. The van der Waals surface area contributed by atoms with Gasteiger partial charge in [0.05, 0.1) is 5.69 Å². The number of anilines is 1. The Hall–Kier alpha value is -1.36. The van der Waals surface area contributed by atoms with Gasteiger partial charge in [-0.2, -0.15) is 0 Å². The highest BCUT2D eigenvalue weighted by Crippen LogP contribution is 2.28. The number of hydrogen-bond acceptors (Lipinski definition) is 2. The zero-order chi connectivity index (χ0) is 12.6. The molecule has 0 aromatic heterocycles. The van der Waals surface area contributed by atoms with Crippen LogP contribution in [0.25, 0.3) is 0 Å². The second-order valence-corrected chi connectivity index (χ2v) is 5.37. The first-order valence-electron chi connectivity index (χ1n) is 5.29. The minimum absolute atomic E-state index is 0.0604. The van der Waals surface area contributed by atoms with Crippen LogP contribution in [0.3, 0.4) is 0 Å². The standard InChI is InChI=1S/C12H13BrN2O2/c1-12(2)11(17)15(7-10(16)14-12)9-6-4-3-5-8(9)13/h3-6H,7H2,1-2H3,(H,14,16). The smallest absolute Gasteiger partial charge is 0.252 e. The number of nitrogens with one attached hydrogen (secondary N) is 1. The van der Waals surface area contributed by atoms with E-state index in [1.54, 1.807) is 13.8 Å². The molecule has 5 heteroatoms. The summed E-state index contributed by atoms with van der Waals surface area (Å²) < 4.78 is 0.804. The van der Waals surface area contributed by atoms with E-state index in [-0.39, 0.29) is 18.4 Å². The molecule has 1 aromatic rings. The molecule has 0 aliphatic carbocycles. The molecule has 0 radical (unpaired) electrons. The summed E-state index contributed by atoms with van der Waals surface area (Å²) in [6.45, 7) is 3.47. The van der Waals surface area contributed by atoms with Crippen molar-refractivity contribution in [2.45, 2.75) is 19.4 Å². The lowest BCUT2D eigenvalue weighted by Crippen LogP contribution is -2.64. The van der Waals surface area contributed by atoms with Crippen LogP contribution in [0.1, 0.15) is 13.8 Å². The van der Waals surface area contributed by atoms with Crippen molar-refractivity contribution in [1.82, 2.24) is 5.32 Å². The Morgan fingerprint density at radius 2 is 1.94 bits per heavy atom. The van der Waals surface area contributed by atoms with E-state index in [4.69, 9.17) is 0 Å². The van der Waals surface area contributed by atoms with Crippen molar-refractivity contribution >= 4 is 33.4 Å². The largest absolute Gasteiger partial charge is 0.341 e. The predicted octanol–water partition coefficient (Wildman–Crippen LogP) is 1.69. The highest BCUT2D eigenvalue weighted by molar-refractivity contribution is 9.10. The summed E-state index contributed by atoms with van der Waals surface area (Å²) in [5, 5.41) is 2.68. The van der Waals surface area contributed by atoms with E-state index in [1.807, 2.05) is 24.3 Å². The number of rotatable bonds is 1. The van der Waals surface area contributed by atoms with Gasteiger partial charge in [-0.3, -0.25) is 14.5 Å². The molecule has 1 saturated heterocycles. The molecule has 17 heavy (non-hydrogen) atoms. The van der Waals surface area contributed by atoms with Crippen LogP contribution in [0.5, 0.6) is 0 Å². The molecule has 1 aliphatic heterocycles. The van der Waals surface area contributed by atoms with Gasteiger partial charge in [-0.15, -0.1) is 0 Å². The van der Waals surface area contributed by atoms with E-state index in [0.29, 0.717) is 0 Å². The summed E-state index contributed by atoms with van der Waals surface area (Å²) in [4.78, 5) is 25.3. The van der Waals surface area contributed by atoms with Crippen molar-refractivity contribution in [3.05, 3.63) is 28.7 Å². The van der Waals surface area contributed by atoms with Gasteiger partial charge in [0.1, 0.15) is 12.1 Å². The highest BCUT2D eigenvalue weighted by Gasteiger charge is 2.40. The normalized spacial score (nSPS) is 19.1. The van der Waals surface area contributed by atoms with E-state index in [1.165, 1.54) is 4.90 Å². The Bertz CT molecular complexity index is 485. The third kappa shape index (κ3) is 2.20. The topological polar surface area (TPSA) is 49.4 Å². The molecule has 0 unspecified atom stereocenters. The van der Waals surface area contributed by atoms with Crippen molar-refractivity contribution in [2.24, 2.45) is 0 Å². The minimum atomic E-state index is -0.857. The summed E-state index contributed by atoms with van der Waals surface area (Å²) >= 11 is 3.39. The third-order valence-electron chi connectivity index (χ3n) is 2.68. The Balaban J connectivity index is 2.42. The second-order valence-electron chi connectivity index (χ2n) is 4.52. The third-order valence-corrected chi connectivity index (χ3v) is 3.35. The van der Waals surface area contributed by atoms with Gasteiger partial charge in [-0.25, -0.2) is 0 Å². The van der Waals surface area contributed by atoms with Crippen molar-refractivity contribution in [3.63, 3.8) is 0 Å². The van der Waals surface area contributed by atoms with Crippen LogP contribution in [0.4, 0.5) is 5.69 Å². The first-order chi connectivity index (χ1) is 7.92. The lowest BCUT2D eigenvalue weighted by Gasteiger charge is -2.37. The monoisotopic (exact) mass is 296 g/mol. The van der Waals surface area contributed by atoms with Crippen LogP contribution >= 0.6 is 15.9 Å². The number of carbonyl (C=O) groups excluding carboxylic acids is 2. The van der Waals surface area contributed by atoms with Crippen molar-refractivity contribution in [1.29, 1.82) is 0 Å². The molecule has 0 spiro atoms. The molecule has 1 aromatic carbocycles. The van der Waals surface area contributed by atoms with Gasteiger partial charge in [0.25, 0.3) is 5.91 Å². The fourth-order valence-electron chi connectivity index (χ4n) is 1.86. The molecular formula is C12H13BrN2O2. The predicted molar refractivity (Wildman–Crippen MR) is 68.7 cm³/mol. The number of halogens is 1. The molecular weight excluding hydrogens is 284 g/mol. The molecule has 2 amide bonds. The molecule has 1 heterocycles. The summed E-state index contributed by atoms with van der Waals surface area (Å²) in [5.74, 6) is -0.255. The van der Waals surface area contributed by atoms with Gasteiger partial charge in [0, 0.05) is 4.47 Å². The van der Waals surface area contributed by atoms with E-state index >= 15 is 0 Å². The Kier molecular flexibility index (Phi) is 2.95. The zero-order valence-corrected chi connectivity index (χ0v) is 11.2. The summed E-state index contributed by atoms with van der Waals surface area (Å²) in [6, 6.07) is 7.37. The first kappa shape index (κ1) is 12.1. The maximum absolute atomic E-state index is 12.2. The number of amides is 2. The zero-order valence-electron chi connectivity index (χ0n) is 9.66. The Morgan fingerprint density at radius 1 is 1.29 bits per heavy atom. The van der Waals surface area contributed by atoms with Crippen LogP contribution in [0.15, 0.2) is 28.7 Å². The average Bonchev–Trinajstić information content (AvgIpc) is 2.24. The number of para-hydroxylation sites is 1. The molecule has 90 valence electrons. The van der Waals surface area contributed by atoms with Crippen LogP contribution in [0.2, 0.25) is 0 Å². The van der Waals surface area contributed by atoms with Crippen LogP contribution in [-0.4, -0.2) is 23.9 Å². The fraction of sp³-hybridized carbons (Fsp3) is 0.333. The van der Waals surface area contributed by atoms with Gasteiger partial charge in [-0.1, -0.05) is 12.1 Å². The van der Waals surface area contributed by atoms with Gasteiger partial charge in [0.2, 0.25) is 5.91 Å².